The van der Waals surface area contributed by atoms with Crippen LogP contribution in [0.25, 0.3) is 89.1 Å². The van der Waals surface area contributed by atoms with E-state index < -0.39 is 0 Å². The number of rotatable bonds is 5. The van der Waals surface area contributed by atoms with E-state index >= 15 is 0 Å². The number of para-hydroxylation sites is 1. The second kappa shape index (κ2) is 11.2. The van der Waals surface area contributed by atoms with Gasteiger partial charge in [0.15, 0.2) is 5.58 Å². The Hall–Kier alpha value is -6.46. The quantitative estimate of drug-likeness (QED) is 0.196. The molecule has 0 N–H and O–H groups in total. The van der Waals surface area contributed by atoms with E-state index in [4.69, 9.17) is 14.4 Å². The Bertz CT molecular complexity index is 2490. The number of nitrogens with zero attached hydrogens (tertiary/aromatic N) is 4. The Morgan fingerprint density at radius 3 is 1.70 bits per heavy atom. The Kier molecular flexibility index (Phi) is 6.39. The molecule has 5 heteroatoms. The highest BCUT2D eigenvalue weighted by molar-refractivity contribution is 6.21. The molecule has 0 aliphatic rings. The SMILES string of the molecule is c1ccc(-c2nc3cc(-c4ccc(-c5cc(-c6ccccn6)nc(-c6ccccn6)c5)cc4)ccc3c3c2oc2ccccc23)cc1. The molecular formula is C42H26N4O. The number of aromatic nitrogens is 4. The van der Waals surface area contributed by atoms with Gasteiger partial charge in [-0.2, -0.15) is 0 Å². The number of furan rings is 1. The summed E-state index contributed by atoms with van der Waals surface area (Å²) in [6.45, 7) is 0. The molecule has 0 unspecified atom stereocenters. The van der Waals surface area contributed by atoms with E-state index in [9.17, 15) is 0 Å². The van der Waals surface area contributed by atoms with Crippen molar-refractivity contribution in [3.05, 3.63) is 158 Å². The van der Waals surface area contributed by atoms with Crippen molar-refractivity contribution < 1.29 is 4.42 Å². The summed E-state index contributed by atoms with van der Waals surface area (Å²) in [5, 5.41) is 3.26. The van der Waals surface area contributed by atoms with Crippen LogP contribution in [0.4, 0.5) is 0 Å². The van der Waals surface area contributed by atoms with Gasteiger partial charge in [0.2, 0.25) is 0 Å². The smallest absolute Gasteiger partial charge is 0.162 e. The molecule has 0 bridgehead atoms. The third-order valence-corrected chi connectivity index (χ3v) is 8.59. The lowest BCUT2D eigenvalue weighted by Gasteiger charge is -2.11. The van der Waals surface area contributed by atoms with Crippen molar-refractivity contribution >= 4 is 32.8 Å². The molecule has 47 heavy (non-hydrogen) atoms. The van der Waals surface area contributed by atoms with Crippen molar-refractivity contribution in [2.45, 2.75) is 0 Å². The minimum atomic E-state index is 0.806. The van der Waals surface area contributed by atoms with E-state index in [1.165, 1.54) is 0 Å². The summed E-state index contributed by atoms with van der Waals surface area (Å²) in [5.74, 6) is 0. The minimum absolute atomic E-state index is 0.806. The van der Waals surface area contributed by atoms with Gasteiger partial charge in [0, 0.05) is 34.1 Å². The molecular weight excluding hydrogens is 576 g/mol. The maximum atomic E-state index is 6.41. The molecule has 0 atom stereocenters. The highest BCUT2D eigenvalue weighted by Crippen LogP contribution is 2.40. The molecule has 0 amide bonds. The molecule has 5 nitrogen and oxygen atoms in total. The first kappa shape index (κ1) is 26.9. The number of benzene rings is 4. The van der Waals surface area contributed by atoms with Gasteiger partial charge in [-0.3, -0.25) is 9.97 Å². The molecule has 0 radical (unpaired) electrons. The Morgan fingerprint density at radius 2 is 1.02 bits per heavy atom. The lowest BCUT2D eigenvalue weighted by Crippen LogP contribution is -1.94. The van der Waals surface area contributed by atoms with Crippen LogP contribution < -0.4 is 0 Å². The van der Waals surface area contributed by atoms with Crippen molar-refractivity contribution in [2.75, 3.05) is 0 Å². The average Bonchev–Trinajstić information content (AvgIpc) is 3.55. The van der Waals surface area contributed by atoms with E-state index in [0.29, 0.717) is 0 Å². The summed E-state index contributed by atoms with van der Waals surface area (Å²) in [4.78, 5) is 19.2. The monoisotopic (exact) mass is 602 g/mol. The van der Waals surface area contributed by atoms with Crippen LogP contribution >= 0.6 is 0 Å². The van der Waals surface area contributed by atoms with Crippen molar-refractivity contribution in [3.63, 3.8) is 0 Å². The summed E-state index contributed by atoms with van der Waals surface area (Å²) in [5.41, 5.74) is 12.1. The van der Waals surface area contributed by atoms with Crippen LogP contribution in [0.5, 0.6) is 0 Å². The van der Waals surface area contributed by atoms with E-state index in [1.54, 1.807) is 12.4 Å². The molecule has 0 spiro atoms. The molecule has 9 aromatic rings. The maximum Gasteiger partial charge on any atom is 0.162 e. The van der Waals surface area contributed by atoms with Crippen molar-refractivity contribution in [3.8, 4) is 56.3 Å². The summed E-state index contributed by atoms with van der Waals surface area (Å²) >= 11 is 0. The lowest BCUT2D eigenvalue weighted by molar-refractivity contribution is 0.669. The zero-order chi connectivity index (χ0) is 31.2. The molecule has 0 saturated carbocycles. The predicted octanol–water partition coefficient (Wildman–Crippen LogP) is 10.7. The topological polar surface area (TPSA) is 64.7 Å². The maximum absolute atomic E-state index is 6.41. The summed E-state index contributed by atoms with van der Waals surface area (Å²) in [7, 11) is 0. The van der Waals surface area contributed by atoms with E-state index in [-0.39, 0.29) is 0 Å². The number of pyridine rings is 4. The van der Waals surface area contributed by atoms with Gasteiger partial charge < -0.3 is 4.42 Å². The first-order valence-electron chi connectivity index (χ1n) is 15.5. The van der Waals surface area contributed by atoms with Crippen molar-refractivity contribution in [1.82, 2.24) is 19.9 Å². The summed E-state index contributed by atoms with van der Waals surface area (Å²) < 4.78 is 6.41. The van der Waals surface area contributed by atoms with Gasteiger partial charge in [0.25, 0.3) is 0 Å². The highest BCUT2D eigenvalue weighted by Gasteiger charge is 2.18. The molecule has 0 saturated heterocycles. The molecule has 0 aliphatic heterocycles. The van der Waals surface area contributed by atoms with Gasteiger partial charge in [-0.15, -0.1) is 0 Å². The average molecular weight is 603 g/mol. The molecule has 9 rings (SSSR count). The number of hydrogen-bond acceptors (Lipinski definition) is 5. The Balaban J connectivity index is 1.15. The standard InChI is InChI=1S/C42H26N4O/c1-2-10-29(11-3-1)41-42-40(33-12-4-5-15-39(33)47-42)32-21-20-30(24-36(32)46-41)27-16-18-28(19-17-27)31-25-37(34-13-6-8-22-43-34)45-38(26-31)35-14-7-9-23-44-35/h1-26H. The van der Waals surface area contributed by atoms with E-state index in [0.717, 1.165) is 89.1 Å². The first-order valence-corrected chi connectivity index (χ1v) is 15.5. The van der Waals surface area contributed by atoms with Crippen LogP contribution in [0.3, 0.4) is 0 Å². The van der Waals surface area contributed by atoms with Crippen molar-refractivity contribution in [1.29, 1.82) is 0 Å². The summed E-state index contributed by atoms with van der Waals surface area (Å²) in [6, 6.07) is 49.6. The predicted molar refractivity (Wildman–Crippen MR) is 190 cm³/mol. The van der Waals surface area contributed by atoms with E-state index in [2.05, 4.69) is 88.8 Å². The Labute approximate surface area is 270 Å². The zero-order valence-corrected chi connectivity index (χ0v) is 25.2. The molecule has 0 aliphatic carbocycles. The van der Waals surface area contributed by atoms with Crippen LogP contribution in [0, 0.1) is 0 Å². The third kappa shape index (κ3) is 4.82. The van der Waals surface area contributed by atoms with Crippen LogP contribution in [0.15, 0.2) is 162 Å². The second-order valence-electron chi connectivity index (χ2n) is 11.5. The summed E-state index contributed by atoms with van der Waals surface area (Å²) in [6.07, 6.45) is 3.58. The van der Waals surface area contributed by atoms with Crippen LogP contribution in [-0.4, -0.2) is 19.9 Å². The normalized spacial score (nSPS) is 11.4. The second-order valence-corrected chi connectivity index (χ2v) is 11.5. The van der Waals surface area contributed by atoms with Crippen LogP contribution in [0.2, 0.25) is 0 Å². The van der Waals surface area contributed by atoms with Gasteiger partial charge in [0.1, 0.15) is 11.3 Å². The zero-order valence-electron chi connectivity index (χ0n) is 25.2. The third-order valence-electron chi connectivity index (χ3n) is 8.59. The van der Waals surface area contributed by atoms with Gasteiger partial charge in [-0.25, -0.2) is 9.97 Å². The fourth-order valence-electron chi connectivity index (χ4n) is 6.30. The molecule has 4 aromatic carbocycles. The van der Waals surface area contributed by atoms with Crippen LogP contribution in [-0.2, 0) is 0 Å². The van der Waals surface area contributed by atoms with Gasteiger partial charge >= 0.3 is 0 Å². The largest absolute Gasteiger partial charge is 0.454 e. The van der Waals surface area contributed by atoms with Gasteiger partial charge in [-0.05, 0) is 70.8 Å². The first-order chi connectivity index (χ1) is 23.3. The van der Waals surface area contributed by atoms with Gasteiger partial charge in [0.05, 0.1) is 28.3 Å². The number of fused-ring (bicyclic) bond motifs is 5. The molecule has 5 aromatic heterocycles. The highest BCUT2D eigenvalue weighted by atomic mass is 16.3. The fourth-order valence-corrected chi connectivity index (χ4v) is 6.30. The fraction of sp³-hybridized carbons (Fsp3) is 0. The van der Waals surface area contributed by atoms with Gasteiger partial charge in [-0.1, -0.05) is 97.1 Å². The Morgan fingerprint density at radius 1 is 0.404 bits per heavy atom. The van der Waals surface area contributed by atoms with Crippen LogP contribution in [0.1, 0.15) is 0 Å². The minimum Gasteiger partial charge on any atom is -0.454 e. The molecule has 220 valence electrons. The van der Waals surface area contributed by atoms with Crippen molar-refractivity contribution in [2.24, 2.45) is 0 Å². The number of hydrogen-bond donors (Lipinski definition) is 0. The molecule has 0 fully saturated rings. The molecule has 5 heterocycles. The van der Waals surface area contributed by atoms with E-state index in [1.807, 2.05) is 66.7 Å². The lowest BCUT2D eigenvalue weighted by atomic mass is 9.97.